The van der Waals surface area contributed by atoms with Crippen molar-refractivity contribution in [2.24, 2.45) is 0 Å². The van der Waals surface area contributed by atoms with Gasteiger partial charge in [-0.2, -0.15) is 0 Å². The fourth-order valence-electron chi connectivity index (χ4n) is 3.85. The fraction of sp³-hybridized carbons (Fsp3) is 0.280. The molecule has 3 aromatic carbocycles. The van der Waals surface area contributed by atoms with Crippen LogP contribution >= 0.6 is 0 Å². The highest BCUT2D eigenvalue weighted by Crippen LogP contribution is 2.29. The number of hydrogen-bond acceptors (Lipinski definition) is 3. The molecule has 2 amide bonds. The second kappa shape index (κ2) is 8.57. The average molecular weight is 402 g/mol. The first-order chi connectivity index (χ1) is 14.5. The predicted octanol–water partition coefficient (Wildman–Crippen LogP) is 3.94. The van der Waals surface area contributed by atoms with Crippen LogP contribution in [0.5, 0.6) is 5.75 Å². The summed E-state index contributed by atoms with van der Waals surface area (Å²) >= 11 is 0. The highest BCUT2D eigenvalue weighted by molar-refractivity contribution is 6.01. The molecule has 0 unspecified atom stereocenters. The van der Waals surface area contributed by atoms with Crippen molar-refractivity contribution in [3.8, 4) is 5.75 Å². The van der Waals surface area contributed by atoms with E-state index in [0.717, 1.165) is 17.2 Å². The molecular weight excluding hydrogens is 376 g/mol. The van der Waals surface area contributed by atoms with Crippen LogP contribution in [0.3, 0.4) is 0 Å². The van der Waals surface area contributed by atoms with Crippen LogP contribution in [0.25, 0.3) is 10.8 Å². The number of amides is 2. The number of carbonyl (C=O) groups excluding carboxylic acids is 2. The summed E-state index contributed by atoms with van der Waals surface area (Å²) in [7, 11) is 0. The standard InChI is InChI=1S/C25H26N2O3/c1-17(2)26-24(28)16-30-23-14-20-9-5-4-8-19(20)13-22(23)25(29)27-12-11-18-7-3-6-10-21(18)15-27/h3-10,13-14,17H,11-12,15-16H2,1-2H3,(H,26,28). The van der Waals surface area contributed by atoms with Gasteiger partial charge in [-0.25, -0.2) is 0 Å². The first-order valence-electron chi connectivity index (χ1n) is 10.3. The Balaban J connectivity index is 1.63. The van der Waals surface area contributed by atoms with Gasteiger partial charge in [0.1, 0.15) is 5.75 Å². The average Bonchev–Trinajstić information content (AvgIpc) is 2.75. The van der Waals surface area contributed by atoms with E-state index in [0.29, 0.717) is 24.4 Å². The van der Waals surface area contributed by atoms with Gasteiger partial charge in [-0.15, -0.1) is 0 Å². The lowest BCUT2D eigenvalue weighted by atomic mass is 9.98. The van der Waals surface area contributed by atoms with E-state index in [1.54, 1.807) is 0 Å². The Hall–Kier alpha value is -3.34. The lowest BCUT2D eigenvalue weighted by molar-refractivity contribution is -0.123. The monoisotopic (exact) mass is 402 g/mol. The zero-order chi connectivity index (χ0) is 21.1. The molecule has 0 fully saturated rings. The molecule has 1 heterocycles. The molecule has 0 radical (unpaired) electrons. The summed E-state index contributed by atoms with van der Waals surface area (Å²) in [5.74, 6) is 0.162. The van der Waals surface area contributed by atoms with E-state index in [-0.39, 0.29) is 24.5 Å². The molecule has 154 valence electrons. The Morgan fingerprint density at radius 2 is 1.67 bits per heavy atom. The van der Waals surface area contributed by atoms with Gasteiger partial charge < -0.3 is 15.0 Å². The first-order valence-corrected chi connectivity index (χ1v) is 10.3. The summed E-state index contributed by atoms with van der Waals surface area (Å²) < 4.78 is 5.83. The molecule has 0 aromatic heterocycles. The molecule has 4 rings (SSSR count). The molecule has 3 aromatic rings. The molecule has 0 saturated heterocycles. The van der Waals surface area contributed by atoms with Gasteiger partial charge in [0.2, 0.25) is 0 Å². The van der Waals surface area contributed by atoms with Crippen molar-refractivity contribution in [1.29, 1.82) is 0 Å². The lowest BCUT2D eigenvalue weighted by Gasteiger charge is -2.29. The van der Waals surface area contributed by atoms with Gasteiger partial charge in [-0.3, -0.25) is 9.59 Å². The maximum absolute atomic E-state index is 13.4. The molecule has 30 heavy (non-hydrogen) atoms. The smallest absolute Gasteiger partial charge is 0.258 e. The number of nitrogens with zero attached hydrogens (tertiary/aromatic N) is 1. The number of hydrogen-bond donors (Lipinski definition) is 1. The van der Waals surface area contributed by atoms with Crippen LogP contribution < -0.4 is 10.1 Å². The summed E-state index contributed by atoms with van der Waals surface area (Å²) in [6.07, 6.45) is 0.836. The molecule has 0 saturated carbocycles. The normalized spacial score (nSPS) is 13.2. The minimum Gasteiger partial charge on any atom is -0.483 e. The first kappa shape index (κ1) is 20.0. The molecule has 1 N–H and O–H groups in total. The van der Waals surface area contributed by atoms with Crippen molar-refractivity contribution in [2.75, 3.05) is 13.2 Å². The van der Waals surface area contributed by atoms with Gasteiger partial charge in [-0.1, -0.05) is 48.5 Å². The van der Waals surface area contributed by atoms with Crippen LogP contribution in [0, 0.1) is 0 Å². The third kappa shape index (κ3) is 4.30. The lowest BCUT2D eigenvalue weighted by Crippen LogP contribution is -2.36. The van der Waals surface area contributed by atoms with Crippen molar-refractivity contribution in [2.45, 2.75) is 32.9 Å². The summed E-state index contributed by atoms with van der Waals surface area (Å²) in [6, 6.07) is 19.8. The van der Waals surface area contributed by atoms with Crippen molar-refractivity contribution in [1.82, 2.24) is 10.2 Å². The number of nitrogens with one attached hydrogen (secondary N) is 1. The van der Waals surface area contributed by atoms with Gasteiger partial charge in [-0.05, 0) is 54.3 Å². The fourth-order valence-corrected chi connectivity index (χ4v) is 3.85. The van der Waals surface area contributed by atoms with Crippen molar-refractivity contribution < 1.29 is 14.3 Å². The van der Waals surface area contributed by atoms with Crippen LogP contribution in [-0.2, 0) is 17.8 Å². The maximum Gasteiger partial charge on any atom is 0.258 e. The topological polar surface area (TPSA) is 58.6 Å². The Morgan fingerprint density at radius 3 is 2.40 bits per heavy atom. The predicted molar refractivity (Wildman–Crippen MR) is 118 cm³/mol. The van der Waals surface area contributed by atoms with Crippen LogP contribution in [-0.4, -0.2) is 35.9 Å². The molecule has 1 aliphatic heterocycles. The molecule has 0 atom stereocenters. The number of ether oxygens (including phenoxy) is 1. The van der Waals surface area contributed by atoms with E-state index in [1.165, 1.54) is 11.1 Å². The number of fused-ring (bicyclic) bond motifs is 2. The molecule has 5 heteroatoms. The second-order valence-corrected chi connectivity index (χ2v) is 7.95. The SMILES string of the molecule is CC(C)NC(=O)COc1cc2ccccc2cc1C(=O)N1CCc2ccccc2C1. The van der Waals surface area contributed by atoms with Crippen LogP contribution in [0.2, 0.25) is 0 Å². The van der Waals surface area contributed by atoms with E-state index < -0.39 is 0 Å². The van der Waals surface area contributed by atoms with Gasteiger partial charge >= 0.3 is 0 Å². The molecule has 0 bridgehead atoms. The molecule has 0 spiro atoms. The molecule has 0 aliphatic carbocycles. The van der Waals surface area contributed by atoms with E-state index in [2.05, 4.69) is 17.4 Å². The highest BCUT2D eigenvalue weighted by Gasteiger charge is 2.25. The van der Waals surface area contributed by atoms with Gasteiger partial charge in [0.05, 0.1) is 5.56 Å². The summed E-state index contributed by atoms with van der Waals surface area (Å²) in [4.78, 5) is 27.4. The largest absolute Gasteiger partial charge is 0.483 e. The summed E-state index contributed by atoms with van der Waals surface area (Å²) in [5.41, 5.74) is 2.96. The van der Waals surface area contributed by atoms with Gasteiger partial charge in [0.25, 0.3) is 11.8 Å². The van der Waals surface area contributed by atoms with E-state index >= 15 is 0 Å². The Bertz CT molecular complexity index is 1090. The quantitative estimate of drug-likeness (QED) is 0.703. The maximum atomic E-state index is 13.4. The van der Waals surface area contributed by atoms with Crippen molar-refractivity contribution >= 4 is 22.6 Å². The highest BCUT2D eigenvalue weighted by atomic mass is 16.5. The molecular formula is C25H26N2O3. The number of benzene rings is 3. The van der Waals surface area contributed by atoms with Gasteiger partial charge in [0.15, 0.2) is 6.61 Å². The number of rotatable bonds is 5. The van der Waals surface area contributed by atoms with Gasteiger partial charge in [0, 0.05) is 19.1 Å². The third-order valence-corrected chi connectivity index (χ3v) is 5.30. The Kier molecular flexibility index (Phi) is 5.70. The van der Waals surface area contributed by atoms with E-state index in [9.17, 15) is 9.59 Å². The van der Waals surface area contributed by atoms with Crippen LogP contribution in [0.1, 0.15) is 35.3 Å². The summed E-state index contributed by atoms with van der Waals surface area (Å²) in [6.45, 7) is 4.92. The molecule has 5 nitrogen and oxygen atoms in total. The van der Waals surface area contributed by atoms with Crippen LogP contribution in [0.4, 0.5) is 0 Å². The minimum absolute atomic E-state index is 0.0345. The minimum atomic E-state index is -0.205. The van der Waals surface area contributed by atoms with Crippen molar-refractivity contribution in [3.05, 3.63) is 77.4 Å². The number of carbonyl (C=O) groups is 2. The zero-order valence-electron chi connectivity index (χ0n) is 17.4. The zero-order valence-corrected chi connectivity index (χ0v) is 17.4. The second-order valence-electron chi connectivity index (χ2n) is 7.95. The Morgan fingerprint density at radius 1 is 1.00 bits per heavy atom. The van der Waals surface area contributed by atoms with E-state index in [4.69, 9.17) is 4.74 Å². The Labute approximate surface area is 176 Å². The summed E-state index contributed by atoms with van der Waals surface area (Å²) in [5, 5.41) is 4.75. The molecule has 1 aliphatic rings. The van der Waals surface area contributed by atoms with E-state index in [1.807, 2.05) is 67.3 Å². The van der Waals surface area contributed by atoms with Crippen LogP contribution in [0.15, 0.2) is 60.7 Å². The third-order valence-electron chi connectivity index (χ3n) is 5.30. The van der Waals surface area contributed by atoms with Crippen molar-refractivity contribution in [3.63, 3.8) is 0 Å².